The maximum Gasteiger partial charge on any atom is 0.264 e. The van der Waals surface area contributed by atoms with Gasteiger partial charge >= 0.3 is 0 Å². The second-order valence-electron chi connectivity index (χ2n) is 5.45. The van der Waals surface area contributed by atoms with Crippen molar-refractivity contribution < 1.29 is 22.7 Å². The Morgan fingerprint density at radius 2 is 1.81 bits per heavy atom. The smallest absolute Gasteiger partial charge is 0.264 e. The molecule has 0 fully saturated rings. The fraction of sp³-hybridized carbons (Fsp3) is 0.278. The summed E-state index contributed by atoms with van der Waals surface area (Å²) in [6, 6.07) is 12.6. The van der Waals surface area contributed by atoms with Crippen molar-refractivity contribution in [1.82, 2.24) is 5.32 Å². The molecule has 7 nitrogen and oxygen atoms in total. The number of amides is 1. The molecule has 0 aliphatic rings. The van der Waals surface area contributed by atoms with Crippen LogP contribution < -0.4 is 14.4 Å². The highest BCUT2D eigenvalue weighted by atomic mass is 32.2. The Labute approximate surface area is 153 Å². The number of benzene rings is 2. The molecule has 0 bridgehead atoms. The van der Waals surface area contributed by atoms with Gasteiger partial charge in [0.15, 0.2) is 0 Å². The van der Waals surface area contributed by atoms with Crippen molar-refractivity contribution in [2.45, 2.75) is 4.90 Å². The standard InChI is InChI=1S/C18H22N2O5S/c1-20(26(22,23)17-9-7-16(25-3)8-10-17)15-6-4-5-14(13-15)18(21)19-11-12-24-2/h4-10,13H,11-12H2,1-3H3,(H,19,21). The maximum absolute atomic E-state index is 12.8. The van der Waals surface area contributed by atoms with E-state index in [4.69, 9.17) is 9.47 Å². The van der Waals surface area contributed by atoms with E-state index in [1.54, 1.807) is 37.4 Å². The van der Waals surface area contributed by atoms with Gasteiger partial charge in [0.05, 0.1) is 24.3 Å². The number of carbonyl (C=O) groups excluding carboxylic acids is 1. The highest BCUT2D eigenvalue weighted by molar-refractivity contribution is 7.92. The van der Waals surface area contributed by atoms with Crippen LogP contribution in [0.3, 0.4) is 0 Å². The molecule has 2 rings (SSSR count). The summed E-state index contributed by atoms with van der Waals surface area (Å²) < 4.78 is 36.7. The Balaban J connectivity index is 2.23. The summed E-state index contributed by atoms with van der Waals surface area (Å²) in [5.74, 6) is 0.278. The number of hydrogen-bond donors (Lipinski definition) is 1. The van der Waals surface area contributed by atoms with Crippen LogP contribution in [0, 0.1) is 0 Å². The van der Waals surface area contributed by atoms with Crippen LogP contribution in [-0.4, -0.2) is 48.7 Å². The second kappa shape index (κ2) is 8.68. The molecule has 0 heterocycles. The summed E-state index contributed by atoms with van der Waals surface area (Å²) in [4.78, 5) is 12.3. The number of anilines is 1. The molecule has 0 aliphatic heterocycles. The Bertz CT molecular complexity index is 850. The first-order chi connectivity index (χ1) is 12.4. The lowest BCUT2D eigenvalue weighted by Gasteiger charge is -2.20. The third-order valence-electron chi connectivity index (χ3n) is 3.78. The fourth-order valence-electron chi connectivity index (χ4n) is 2.26. The molecule has 1 amide bonds. The van der Waals surface area contributed by atoms with Crippen molar-refractivity contribution in [3.8, 4) is 5.75 Å². The van der Waals surface area contributed by atoms with Gasteiger partial charge in [0.25, 0.3) is 15.9 Å². The van der Waals surface area contributed by atoms with Crippen LogP contribution in [0.2, 0.25) is 0 Å². The molecule has 8 heteroatoms. The summed E-state index contributed by atoms with van der Waals surface area (Å²) in [7, 11) is 0.752. The zero-order chi connectivity index (χ0) is 19.2. The molecule has 26 heavy (non-hydrogen) atoms. The molecule has 0 spiro atoms. The molecule has 2 aromatic carbocycles. The van der Waals surface area contributed by atoms with Crippen LogP contribution in [0.15, 0.2) is 53.4 Å². The van der Waals surface area contributed by atoms with Crippen LogP contribution in [0.4, 0.5) is 5.69 Å². The molecule has 140 valence electrons. The van der Waals surface area contributed by atoms with Crippen LogP contribution >= 0.6 is 0 Å². The van der Waals surface area contributed by atoms with E-state index in [1.807, 2.05) is 0 Å². The third-order valence-corrected chi connectivity index (χ3v) is 5.58. The van der Waals surface area contributed by atoms with E-state index in [2.05, 4.69) is 5.32 Å². The van der Waals surface area contributed by atoms with E-state index in [0.29, 0.717) is 30.2 Å². The van der Waals surface area contributed by atoms with E-state index < -0.39 is 10.0 Å². The lowest BCUT2D eigenvalue weighted by molar-refractivity contribution is 0.0937. The van der Waals surface area contributed by atoms with Crippen molar-refractivity contribution in [2.75, 3.05) is 38.7 Å². The van der Waals surface area contributed by atoms with E-state index in [-0.39, 0.29) is 10.8 Å². The summed E-state index contributed by atoms with van der Waals surface area (Å²) >= 11 is 0. The lowest BCUT2D eigenvalue weighted by atomic mass is 10.2. The molecule has 1 N–H and O–H groups in total. The van der Waals surface area contributed by atoms with Crippen LogP contribution in [0.1, 0.15) is 10.4 Å². The Kier molecular flexibility index (Phi) is 6.59. The van der Waals surface area contributed by atoms with Crippen molar-refractivity contribution in [1.29, 1.82) is 0 Å². The summed E-state index contributed by atoms with van der Waals surface area (Å²) in [6.45, 7) is 0.775. The monoisotopic (exact) mass is 378 g/mol. The number of nitrogens with zero attached hydrogens (tertiary/aromatic N) is 1. The van der Waals surface area contributed by atoms with Crippen molar-refractivity contribution in [3.05, 3.63) is 54.1 Å². The van der Waals surface area contributed by atoms with Crippen molar-refractivity contribution >= 4 is 21.6 Å². The topological polar surface area (TPSA) is 84.9 Å². The number of ether oxygens (including phenoxy) is 2. The fourth-order valence-corrected chi connectivity index (χ4v) is 3.44. The van der Waals surface area contributed by atoms with Crippen molar-refractivity contribution in [2.24, 2.45) is 0 Å². The minimum atomic E-state index is -3.75. The van der Waals surface area contributed by atoms with Crippen LogP contribution in [0.5, 0.6) is 5.75 Å². The molecule has 0 saturated carbocycles. The molecule has 0 saturated heterocycles. The maximum atomic E-state index is 12.8. The number of nitrogens with one attached hydrogen (secondary N) is 1. The molecular weight excluding hydrogens is 356 g/mol. The highest BCUT2D eigenvalue weighted by Gasteiger charge is 2.22. The lowest BCUT2D eigenvalue weighted by Crippen LogP contribution is -2.28. The largest absolute Gasteiger partial charge is 0.497 e. The average molecular weight is 378 g/mol. The predicted molar refractivity (Wildman–Crippen MR) is 99.2 cm³/mol. The molecule has 0 radical (unpaired) electrons. The van der Waals surface area contributed by atoms with Gasteiger partial charge in [0, 0.05) is 26.3 Å². The number of hydrogen-bond acceptors (Lipinski definition) is 5. The summed E-state index contributed by atoms with van der Waals surface area (Å²) in [6.07, 6.45) is 0. The van der Waals surface area contributed by atoms with Crippen LogP contribution in [-0.2, 0) is 14.8 Å². The summed E-state index contributed by atoms with van der Waals surface area (Å²) in [5.41, 5.74) is 0.760. The molecule has 0 aromatic heterocycles. The quantitative estimate of drug-likeness (QED) is 0.709. The third kappa shape index (κ3) is 4.53. The van der Waals surface area contributed by atoms with E-state index in [0.717, 1.165) is 4.31 Å². The highest BCUT2D eigenvalue weighted by Crippen LogP contribution is 2.24. The van der Waals surface area contributed by atoms with E-state index in [9.17, 15) is 13.2 Å². The first kappa shape index (κ1) is 19.7. The zero-order valence-corrected chi connectivity index (χ0v) is 15.7. The first-order valence-electron chi connectivity index (χ1n) is 7.90. The normalized spacial score (nSPS) is 11.0. The number of methoxy groups -OCH3 is 2. The minimum absolute atomic E-state index is 0.135. The van der Waals surface area contributed by atoms with Gasteiger partial charge < -0.3 is 14.8 Å². The molecular formula is C18H22N2O5S. The van der Waals surface area contributed by atoms with Gasteiger partial charge in [-0.25, -0.2) is 8.42 Å². The Morgan fingerprint density at radius 3 is 2.42 bits per heavy atom. The minimum Gasteiger partial charge on any atom is -0.497 e. The zero-order valence-electron chi connectivity index (χ0n) is 14.9. The molecule has 2 aromatic rings. The molecule has 0 aliphatic carbocycles. The number of rotatable bonds is 8. The van der Waals surface area contributed by atoms with E-state index in [1.165, 1.54) is 32.4 Å². The molecule has 0 unspecified atom stereocenters. The van der Waals surface area contributed by atoms with Gasteiger partial charge in [0.2, 0.25) is 0 Å². The van der Waals surface area contributed by atoms with Gasteiger partial charge in [-0.1, -0.05) is 6.07 Å². The SMILES string of the molecule is COCCNC(=O)c1cccc(N(C)S(=O)(=O)c2ccc(OC)cc2)c1. The number of carbonyl (C=O) groups is 1. The number of sulfonamides is 1. The summed E-state index contributed by atoms with van der Waals surface area (Å²) in [5, 5.41) is 2.70. The van der Waals surface area contributed by atoms with Gasteiger partial charge in [-0.3, -0.25) is 9.10 Å². The second-order valence-corrected chi connectivity index (χ2v) is 7.42. The van der Waals surface area contributed by atoms with Gasteiger partial charge in [0.1, 0.15) is 5.75 Å². The average Bonchev–Trinajstić information content (AvgIpc) is 2.67. The van der Waals surface area contributed by atoms with Gasteiger partial charge in [-0.2, -0.15) is 0 Å². The van der Waals surface area contributed by atoms with Gasteiger partial charge in [-0.15, -0.1) is 0 Å². The predicted octanol–water partition coefficient (Wildman–Crippen LogP) is 1.90. The van der Waals surface area contributed by atoms with Crippen LogP contribution in [0.25, 0.3) is 0 Å². The Morgan fingerprint density at radius 1 is 1.12 bits per heavy atom. The van der Waals surface area contributed by atoms with Gasteiger partial charge in [-0.05, 0) is 42.5 Å². The van der Waals surface area contributed by atoms with E-state index >= 15 is 0 Å². The first-order valence-corrected chi connectivity index (χ1v) is 9.34. The molecule has 0 atom stereocenters. The van der Waals surface area contributed by atoms with Crippen molar-refractivity contribution in [3.63, 3.8) is 0 Å². The Hall–Kier alpha value is -2.58.